The second-order valence-electron chi connectivity index (χ2n) is 4.01. The van der Waals surface area contributed by atoms with E-state index in [1.807, 2.05) is 0 Å². The van der Waals surface area contributed by atoms with Crippen LogP contribution in [0.15, 0.2) is 24.3 Å². The molecule has 15 heavy (non-hydrogen) atoms. The van der Waals surface area contributed by atoms with Crippen molar-refractivity contribution in [2.75, 3.05) is 0 Å². The van der Waals surface area contributed by atoms with Crippen LogP contribution in [-0.2, 0) is 0 Å². The highest BCUT2D eigenvalue weighted by Gasteiger charge is 1.87. The summed E-state index contributed by atoms with van der Waals surface area (Å²) < 4.78 is 0. The maximum absolute atomic E-state index is 2.28. The van der Waals surface area contributed by atoms with Crippen LogP contribution >= 0.6 is 0 Å². The van der Waals surface area contributed by atoms with Gasteiger partial charge in [0.05, 0.1) is 0 Å². The highest BCUT2D eigenvalue weighted by Crippen LogP contribution is 2.07. The van der Waals surface area contributed by atoms with Crippen molar-refractivity contribution >= 4 is 0 Å². The molecule has 0 atom stereocenters. The van der Waals surface area contributed by atoms with Crippen molar-refractivity contribution in [1.82, 2.24) is 0 Å². The molecule has 0 unspecified atom stereocenters. The summed E-state index contributed by atoms with van der Waals surface area (Å²) in [6.07, 6.45) is 21.6. The predicted molar refractivity (Wildman–Crippen MR) is 70.9 cm³/mol. The lowest BCUT2D eigenvalue weighted by molar-refractivity contribution is 0.611. The first kappa shape index (κ1) is 14.5. The van der Waals surface area contributed by atoms with E-state index in [2.05, 4.69) is 44.6 Å². The summed E-state index contributed by atoms with van der Waals surface area (Å²) in [4.78, 5) is 0. The molecule has 0 saturated carbocycles. The lowest BCUT2D eigenvalue weighted by Gasteiger charge is -1.97. The molecule has 0 amide bonds. The average Bonchev–Trinajstić information content (AvgIpc) is 2.26. The number of hydrogen-bond acceptors (Lipinski definition) is 0. The van der Waals surface area contributed by atoms with Gasteiger partial charge >= 0.3 is 0 Å². The summed E-state index contributed by atoms with van der Waals surface area (Å²) >= 11 is 0. The Morgan fingerprint density at radius 3 is 2.20 bits per heavy atom. The van der Waals surface area contributed by atoms with Crippen LogP contribution in [0.5, 0.6) is 0 Å². The molecular formula is C15H27. The fraction of sp³-hybridized carbons (Fsp3) is 0.667. The van der Waals surface area contributed by atoms with Crippen LogP contribution in [0, 0.1) is 6.42 Å². The molecule has 0 heterocycles. The lowest BCUT2D eigenvalue weighted by atomic mass is 10.1. The number of rotatable bonds is 10. The molecule has 0 aliphatic carbocycles. The first-order valence-electron chi connectivity index (χ1n) is 6.56. The van der Waals surface area contributed by atoms with Crippen molar-refractivity contribution in [3.8, 4) is 0 Å². The van der Waals surface area contributed by atoms with Crippen molar-refractivity contribution in [2.24, 2.45) is 0 Å². The first-order valence-corrected chi connectivity index (χ1v) is 6.56. The van der Waals surface area contributed by atoms with E-state index in [1.165, 1.54) is 44.9 Å². The van der Waals surface area contributed by atoms with E-state index in [0.29, 0.717) is 0 Å². The molecule has 0 nitrogen and oxygen atoms in total. The van der Waals surface area contributed by atoms with Crippen LogP contribution in [0.1, 0.15) is 65.2 Å². The molecule has 87 valence electrons. The zero-order chi connectivity index (χ0) is 11.2. The van der Waals surface area contributed by atoms with Gasteiger partial charge in [0, 0.05) is 0 Å². The predicted octanol–water partition coefficient (Wildman–Crippen LogP) is 5.46. The van der Waals surface area contributed by atoms with Gasteiger partial charge in [-0.15, -0.1) is 0 Å². The second kappa shape index (κ2) is 13.5. The van der Waals surface area contributed by atoms with Gasteiger partial charge in [-0.3, -0.25) is 0 Å². The quantitative estimate of drug-likeness (QED) is 0.329. The van der Waals surface area contributed by atoms with Gasteiger partial charge in [0.15, 0.2) is 0 Å². The Hall–Kier alpha value is -0.520. The van der Waals surface area contributed by atoms with Gasteiger partial charge in [-0.05, 0) is 25.7 Å². The molecule has 0 saturated heterocycles. The molecule has 0 heteroatoms. The van der Waals surface area contributed by atoms with Gasteiger partial charge in [0.2, 0.25) is 0 Å². The summed E-state index contributed by atoms with van der Waals surface area (Å²) in [5.41, 5.74) is 0. The molecule has 0 bridgehead atoms. The Morgan fingerprint density at radius 2 is 1.47 bits per heavy atom. The van der Waals surface area contributed by atoms with Crippen LogP contribution in [0.25, 0.3) is 0 Å². The van der Waals surface area contributed by atoms with Gasteiger partial charge in [0.25, 0.3) is 0 Å². The van der Waals surface area contributed by atoms with Crippen LogP contribution < -0.4 is 0 Å². The Balaban J connectivity index is 3.09. The highest BCUT2D eigenvalue weighted by molar-refractivity contribution is 5.06. The third-order valence-electron chi connectivity index (χ3n) is 2.45. The molecule has 0 aromatic carbocycles. The van der Waals surface area contributed by atoms with Gasteiger partial charge in [-0.2, -0.15) is 0 Å². The third kappa shape index (κ3) is 13.5. The lowest BCUT2D eigenvalue weighted by Crippen LogP contribution is -1.77. The standard InChI is InChI=1S/C15H27/c1-3-5-7-9-11-13-15-14-12-10-8-6-4-2/h5,7,9,11,13H,3-4,6,8,10,12,14-15H2,1-2H3. The smallest absolute Gasteiger partial charge is 0.0170 e. The van der Waals surface area contributed by atoms with E-state index in [9.17, 15) is 0 Å². The van der Waals surface area contributed by atoms with Crippen molar-refractivity contribution in [3.63, 3.8) is 0 Å². The van der Waals surface area contributed by atoms with Crippen LogP contribution in [-0.4, -0.2) is 0 Å². The normalized spacial score (nSPS) is 11.9. The van der Waals surface area contributed by atoms with E-state index < -0.39 is 0 Å². The van der Waals surface area contributed by atoms with Crippen LogP contribution in [0.3, 0.4) is 0 Å². The summed E-state index contributed by atoms with van der Waals surface area (Å²) in [5, 5.41) is 0. The molecule has 0 spiro atoms. The molecule has 0 aromatic rings. The highest BCUT2D eigenvalue weighted by atomic mass is 13.9. The first-order chi connectivity index (χ1) is 7.41. The fourth-order valence-electron chi connectivity index (χ4n) is 1.50. The Morgan fingerprint density at radius 1 is 0.733 bits per heavy atom. The summed E-state index contributed by atoms with van der Waals surface area (Å²) in [6, 6.07) is 0. The van der Waals surface area contributed by atoms with E-state index in [4.69, 9.17) is 0 Å². The SMILES string of the molecule is CC[CH]C=CC=CCCCCCCCC. The number of hydrogen-bond donors (Lipinski definition) is 0. The minimum Gasteiger partial charge on any atom is -0.0845 e. The minimum atomic E-state index is 1.13. The maximum Gasteiger partial charge on any atom is -0.0170 e. The Kier molecular flexibility index (Phi) is 13.0. The van der Waals surface area contributed by atoms with Crippen molar-refractivity contribution < 1.29 is 0 Å². The second-order valence-corrected chi connectivity index (χ2v) is 4.01. The molecule has 0 fully saturated rings. The molecule has 0 N–H and O–H groups in total. The molecule has 1 radical (unpaired) electrons. The van der Waals surface area contributed by atoms with Crippen molar-refractivity contribution in [3.05, 3.63) is 30.7 Å². The van der Waals surface area contributed by atoms with Gasteiger partial charge in [-0.25, -0.2) is 0 Å². The largest absolute Gasteiger partial charge is 0.0845 e. The average molecular weight is 207 g/mol. The summed E-state index contributed by atoms with van der Waals surface area (Å²) in [7, 11) is 0. The maximum atomic E-state index is 2.28. The van der Waals surface area contributed by atoms with Crippen molar-refractivity contribution in [2.45, 2.75) is 65.2 Å². The molecule has 0 aromatic heterocycles. The van der Waals surface area contributed by atoms with E-state index >= 15 is 0 Å². The minimum absolute atomic E-state index is 1.13. The number of unbranched alkanes of at least 4 members (excludes halogenated alkanes) is 7. The van der Waals surface area contributed by atoms with Crippen molar-refractivity contribution in [1.29, 1.82) is 0 Å². The van der Waals surface area contributed by atoms with Crippen LogP contribution in [0.4, 0.5) is 0 Å². The zero-order valence-corrected chi connectivity index (χ0v) is 10.5. The molecule has 0 aliphatic rings. The Labute approximate surface area is 96.5 Å². The topological polar surface area (TPSA) is 0 Å². The van der Waals surface area contributed by atoms with E-state index in [0.717, 1.165) is 6.42 Å². The monoisotopic (exact) mass is 207 g/mol. The fourth-order valence-corrected chi connectivity index (χ4v) is 1.50. The van der Waals surface area contributed by atoms with Gasteiger partial charge in [-0.1, -0.05) is 70.3 Å². The van der Waals surface area contributed by atoms with E-state index in [-0.39, 0.29) is 0 Å². The zero-order valence-electron chi connectivity index (χ0n) is 10.5. The third-order valence-corrected chi connectivity index (χ3v) is 2.45. The molecular weight excluding hydrogens is 180 g/mol. The number of allylic oxidation sites excluding steroid dienone is 4. The van der Waals surface area contributed by atoms with Crippen LogP contribution in [0.2, 0.25) is 0 Å². The van der Waals surface area contributed by atoms with E-state index in [1.54, 1.807) is 0 Å². The summed E-state index contributed by atoms with van der Waals surface area (Å²) in [5.74, 6) is 0. The van der Waals surface area contributed by atoms with Gasteiger partial charge < -0.3 is 0 Å². The molecule has 0 rings (SSSR count). The molecule has 0 aliphatic heterocycles. The Bertz CT molecular complexity index is 153. The summed E-state index contributed by atoms with van der Waals surface area (Å²) in [6.45, 7) is 4.42. The van der Waals surface area contributed by atoms with Gasteiger partial charge in [0.1, 0.15) is 0 Å².